The highest BCUT2D eigenvalue weighted by atomic mass is 32.2. The predicted molar refractivity (Wildman–Crippen MR) is 125 cm³/mol. The van der Waals surface area contributed by atoms with Crippen molar-refractivity contribution in [3.05, 3.63) is 64.5 Å². The molecule has 154 valence electrons. The minimum absolute atomic E-state index is 0.0967. The third-order valence-corrected chi connectivity index (χ3v) is 6.02. The second kappa shape index (κ2) is 8.13. The Morgan fingerprint density at radius 1 is 1.24 bits per heavy atom. The Labute approximate surface area is 177 Å². The lowest BCUT2D eigenvalue weighted by atomic mass is 9.85. The Morgan fingerprint density at radius 2 is 1.97 bits per heavy atom. The van der Waals surface area contributed by atoms with Crippen LogP contribution in [0, 0.1) is 0 Å². The van der Waals surface area contributed by atoms with Crippen molar-refractivity contribution < 1.29 is 4.79 Å². The highest BCUT2D eigenvalue weighted by Crippen LogP contribution is 2.38. The van der Waals surface area contributed by atoms with E-state index in [-0.39, 0.29) is 17.4 Å². The van der Waals surface area contributed by atoms with Crippen molar-refractivity contribution in [3.8, 4) is 0 Å². The zero-order chi connectivity index (χ0) is 21.3. The molecule has 0 fully saturated rings. The van der Waals surface area contributed by atoms with E-state index >= 15 is 0 Å². The Morgan fingerprint density at radius 3 is 2.66 bits per heavy atom. The fourth-order valence-corrected chi connectivity index (χ4v) is 4.49. The SMILES string of the molecule is C=C1C(C(=O)Nc2cc3[nH]ccc3cc2C(C)(C)C)=CNC2=C1C(C)NS2.CC. The van der Waals surface area contributed by atoms with E-state index in [2.05, 4.69) is 60.7 Å². The predicted octanol–water partition coefficient (Wildman–Crippen LogP) is 5.32. The maximum Gasteiger partial charge on any atom is 0.257 e. The van der Waals surface area contributed by atoms with Crippen molar-refractivity contribution in [2.75, 3.05) is 5.32 Å². The molecule has 0 spiro atoms. The van der Waals surface area contributed by atoms with Crippen LogP contribution < -0.4 is 15.4 Å². The first-order valence-electron chi connectivity index (χ1n) is 10.0. The smallest absolute Gasteiger partial charge is 0.257 e. The maximum atomic E-state index is 13.1. The Bertz CT molecular complexity index is 1020. The summed E-state index contributed by atoms with van der Waals surface area (Å²) in [5.41, 5.74) is 5.22. The van der Waals surface area contributed by atoms with Crippen molar-refractivity contribution in [3.63, 3.8) is 0 Å². The normalized spacial score (nSPS) is 18.6. The van der Waals surface area contributed by atoms with Gasteiger partial charge in [0.2, 0.25) is 0 Å². The molecule has 4 N–H and O–H groups in total. The topological polar surface area (TPSA) is 69.0 Å². The molecule has 0 saturated carbocycles. The highest BCUT2D eigenvalue weighted by molar-refractivity contribution is 8.01. The molecule has 2 aromatic rings. The lowest BCUT2D eigenvalue weighted by molar-refractivity contribution is -0.112. The number of carbonyl (C=O) groups excluding carboxylic acids is 1. The van der Waals surface area contributed by atoms with Crippen LogP contribution in [0.5, 0.6) is 0 Å². The molecule has 2 aliphatic rings. The summed E-state index contributed by atoms with van der Waals surface area (Å²) < 4.78 is 3.30. The van der Waals surface area contributed by atoms with E-state index in [9.17, 15) is 4.79 Å². The number of hydrogen-bond donors (Lipinski definition) is 4. The van der Waals surface area contributed by atoms with E-state index in [1.807, 2.05) is 32.2 Å². The summed E-state index contributed by atoms with van der Waals surface area (Å²) in [5, 5.41) is 8.49. The second-order valence-corrected chi connectivity index (χ2v) is 8.88. The van der Waals surface area contributed by atoms with E-state index in [0.717, 1.165) is 38.3 Å². The third kappa shape index (κ3) is 4.00. The van der Waals surface area contributed by atoms with Gasteiger partial charge in [-0.2, -0.15) is 0 Å². The van der Waals surface area contributed by atoms with Gasteiger partial charge in [0.1, 0.15) is 0 Å². The quantitative estimate of drug-likeness (QED) is 0.506. The summed E-state index contributed by atoms with van der Waals surface area (Å²) in [6.07, 6.45) is 3.66. The molecule has 0 bridgehead atoms. The zero-order valence-electron chi connectivity index (χ0n) is 18.0. The fraction of sp³-hybridized carbons (Fsp3) is 0.348. The van der Waals surface area contributed by atoms with Crippen molar-refractivity contribution in [1.29, 1.82) is 0 Å². The fourth-order valence-electron chi connectivity index (χ4n) is 3.55. The molecule has 0 radical (unpaired) electrons. The average Bonchev–Trinajstić information content (AvgIpc) is 3.28. The first-order valence-corrected chi connectivity index (χ1v) is 10.8. The van der Waals surface area contributed by atoms with E-state index in [0.29, 0.717) is 5.57 Å². The standard InChI is InChI=1S/C21H24N4OS.C2H6/c1-11-14(10-23-20-18(11)12(2)25-27-20)19(26)24-17-9-16-13(6-7-22-16)8-15(17)21(3,4)5;1-2/h6-10,12,22-23,25H,1H2,2-5H3,(H,24,26);1-2H3. The molecule has 3 heterocycles. The van der Waals surface area contributed by atoms with Gasteiger partial charge < -0.3 is 15.6 Å². The molecule has 4 rings (SSSR count). The van der Waals surface area contributed by atoms with Crippen molar-refractivity contribution in [2.45, 2.75) is 53.0 Å². The minimum atomic E-state index is -0.153. The van der Waals surface area contributed by atoms with Crippen LogP contribution in [0.4, 0.5) is 5.69 Å². The summed E-state index contributed by atoms with van der Waals surface area (Å²) in [5.74, 6) is -0.153. The van der Waals surface area contributed by atoms with Gasteiger partial charge >= 0.3 is 0 Å². The number of carbonyl (C=O) groups is 1. The summed E-state index contributed by atoms with van der Waals surface area (Å²) >= 11 is 1.54. The number of hydrogen-bond acceptors (Lipinski definition) is 4. The molecule has 1 aromatic carbocycles. The summed E-state index contributed by atoms with van der Waals surface area (Å²) in [7, 11) is 0. The van der Waals surface area contributed by atoms with Crippen LogP contribution in [0.2, 0.25) is 0 Å². The first-order chi connectivity index (χ1) is 13.8. The third-order valence-electron chi connectivity index (χ3n) is 5.01. The molecule has 2 aliphatic heterocycles. The maximum absolute atomic E-state index is 13.1. The number of aromatic nitrogens is 1. The van der Waals surface area contributed by atoms with Gasteiger partial charge in [0.05, 0.1) is 10.6 Å². The monoisotopic (exact) mass is 410 g/mol. The average molecular weight is 411 g/mol. The van der Waals surface area contributed by atoms with Crippen LogP contribution in [0.1, 0.15) is 47.1 Å². The number of aromatic amines is 1. The van der Waals surface area contributed by atoms with Crippen LogP contribution in [0.15, 0.2) is 58.9 Å². The van der Waals surface area contributed by atoms with E-state index < -0.39 is 0 Å². The largest absolute Gasteiger partial charge is 0.361 e. The van der Waals surface area contributed by atoms with E-state index in [1.165, 1.54) is 0 Å². The van der Waals surface area contributed by atoms with Gasteiger partial charge in [0.25, 0.3) is 5.91 Å². The number of anilines is 1. The Kier molecular flexibility index (Phi) is 5.96. The lowest BCUT2D eigenvalue weighted by Crippen LogP contribution is -2.26. The van der Waals surface area contributed by atoms with Gasteiger partial charge in [-0.1, -0.05) is 41.2 Å². The molecule has 1 amide bonds. The van der Waals surface area contributed by atoms with Crippen LogP contribution in [-0.4, -0.2) is 16.9 Å². The molecule has 1 unspecified atom stereocenters. The summed E-state index contributed by atoms with van der Waals surface area (Å²) in [6.45, 7) is 16.7. The van der Waals surface area contributed by atoms with Gasteiger partial charge in [0.15, 0.2) is 0 Å². The molecule has 1 atom stereocenters. The van der Waals surface area contributed by atoms with Crippen molar-refractivity contribution in [2.24, 2.45) is 0 Å². The Hall–Kier alpha value is -2.44. The van der Waals surface area contributed by atoms with Crippen molar-refractivity contribution >= 4 is 34.4 Å². The molecule has 0 saturated heterocycles. The molecule has 1 aromatic heterocycles. The van der Waals surface area contributed by atoms with Gasteiger partial charge in [-0.3, -0.25) is 9.52 Å². The molecular weight excluding hydrogens is 380 g/mol. The highest BCUT2D eigenvalue weighted by Gasteiger charge is 2.31. The second-order valence-electron chi connectivity index (χ2n) is 8.03. The number of amides is 1. The number of H-pyrrole nitrogens is 1. The van der Waals surface area contributed by atoms with Crippen molar-refractivity contribution in [1.82, 2.24) is 15.0 Å². The summed E-state index contributed by atoms with van der Waals surface area (Å²) in [4.78, 5) is 16.3. The van der Waals surface area contributed by atoms with Crippen LogP contribution in [0.25, 0.3) is 10.9 Å². The number of nitrogens with one attached hydrogen (secondary N) is 4. The summed E-state index contributed by atoms with van der Waals surface area (Å²) in [6, 6.07) is 6.35. The van der Waals surface area contributed by atoms with Gasteiger partial charge in [0, 0.05) is 35.2 Å². The van der Waals surface area contributed by atoms with E-state index in [1.54, 1.807) is 18.1 Å². The van der Waals surface area contributed by atoms with Gasteiger partial charge in [-0.15, -0.1) is 0 Å². The number of fused-ring (bicyclic) bond motifs is 1. The lowest BCUT2D eigenvalue weighted by Gasteiger charge is -2.25. The number of dihydropyridines is 1. The minimum Gasteiger partial charge on any atom is -0.361 e. The number of rotatable bonds is 2. The van der Waals surface area contributed by atoms with Crippen LogP contribution in [-0.2, 0) is 10.2 Å². The molecule has 5 nitrogen and oxygen atoms in total. The van der Waals surface area contributed by atoms with E-state index in [4.69, 9.17) is 0 Å². The first kappa shape index (κ1) is 21.3. The zero-order valence-corrected chi connectivity index (χ0v) is 18.8. The molecular formula is C23H30N4OS. The van der Waals surface area contributed by atoms with Crippen LogP contribution >= 0.6 is 11.9 Å². The van der Waals surface area contributed by atoms with Gasteiger partial charge in [-0.05, 0) is 59.0 Å². The van der Waals surface area contributed by atoms with Gasteiger partial charge in [-0.25, -0.2) is 0 Å². The van der Waals surface area contributed by atoms with Crippen LogP contribution in [0.3, 0.4) is 0 Å². The number of benzene rings is 1. The molecule has 6 heteroatoms. The Balaban J connectivity index is 0.00000117. The molecule has 29 heavy (non-hydrogen) atoms. The molecule has 0 aliphatic carbocycles.